The number of pyridine rings is 1. The first-order valence-corrected chi connectivity index (χ1v) is 8.54. The number of hydrogen-bond donors (Lipinski definition) is 0. The van der Waals surface area contributed by atoms with Crippen LogP contribution in [0.5, 0.6) is 5.75 Å². The van der Waals surface area contributed by atoms with E-state index in [1.54, 1.807) is 0 Å². The average molecular weight is 348 g/mol. The van der Waals surface area contributed by atoms with Crippen LogP contribution in [0.2, 0.25) is 5.02 Å². The highest BCUT2D eigenvalue weighted by atomic mass is 35.5. The molecule has 122 valence electrons. The molecule has 0 fully saturated rings. The maximum Gasteiger partial charge on any atom is 0.167 e. The highest BCUT2D eigenvalue weighted by molar-refractivity contribution is 6.30. The number of benzene rings is 2. The lowest BCUT2D eigenvalue weighted by Gasteiger charge is -2.04. The van der Waals surface area contributed by atoms with Gasteiger partial charge in [-0.25, -0.2) is 9.67 Å². The number of rotatable bonds is 2. The van der Waals surface area contributed by atoms with Crippen molar-refractivity contribution < 1.29 is 4.74 Å². The fourth-order valence-electron chi connectivity index (χ4n) is 3.26. The van der Waals surface area contributed by atoms with Crippen molar-refractivity contribution >= 4 is 22.6 Å². The summed E-state index contributed by atoms with van der Waals surface area (Å²) >= 11 is 6.05. The summed E-state index contributed by atoms with van der Waals surface area (Å²) in [4.78, 5) is 4.69. The molecule has 5 heteroatoms. The Balaban J connectivity index is 1.84. The molecule has 1 aliphatic heterocycles. The van der Waals surface area contributed by atoms with Crippen molar-refractivity contribution in [2.75, 3.05) is 6.61 Å². The molecule has 0 aliphatic carbocycles. The molecular formula is C20H14ClN3O. The highest BCUT2D eigenvalue weighted by Gasteiger charge is 2.24. The summed E-state index contributed by atoms with van der Waals surface area (Å²) in [5, 5.41) is 6.53. The summed E-state index contributed by atoms with van der Waals surface area (Å²) in [7, 11) is 0. The van der Waals surface area contributed by atoms with Crippen molar-refractivity contribution in [2.24, 2.45) is 0 Å². The van der Waals surface area contributed by atoms with E-state index in [4.69, 9.17) is 21.4 Å². The SMILES string of the molecule is Clc1ccc(-c2nn(-c3ccccc3)c3ncc4c(c23)OCC4)cc1. The van der Waals surface area contributed by atoms with Crippen molar-refractivity contribution in [3.63, 3.8) is 0 Å². The highest BCUT2D eigenvalue weighted by Crippen LogP contribution is 2.39. The molecule has 1 aliphatic rings. The molecule has 0 spiro atoms. The summed E-state index contributed by atoms with van der Waals surface area (Å²) in [6, 6.07) is 17.7. The third-order valence-electron chi connectivity index (χ3n) is 4.46. The summed E-state index contributed by atoms with van der Waals surface area (Å²) in [5.74, 6) is 0.900. The number of halogens is 1. The Bertz CT molecular complexity index is 1070. The van der Waals surface area contributed by atoms with Crippen LogP contribution in [0.3, 0.4) is 0 Å². The largest absolute Gasteiger partial charge is 0.492 e. The average Bonchev–Trinajstić information content (AvgIpc) is 3.27. The van der Waals surface area contributed by atoms with Crippen molar-refractivity contribution in [3.05, 3.63) is 71.4 Å². The Labute approximate surface area is 149 Å². The molecule has 2 aromatic heterocycles. The first kappa shape index (κ1) is 14.5. The number of fused-ring (bicyclic) bond motifs is 3. The molecule has 0 radical (unpaired) electrons. The van der Waals surface area contributed by atoms with E-state index in [9.17, 15) is 0 Å². The standard InChI is InChI=1S/C20H14ClN3O/c21-15-8-6-13(7-9-15)18-17-19-14(10-11-25-19)12-22-20(17)24(23-18)16-4-2-1-3-5-16/h1-9,12H,10-11H2. The maximum absolute atomic E-state index is 6.05. The fraction of sp³-hybridized carbons (Fsp3) is 0.100. The molecule has 0 saturated heterocycles. The third kappa shape index (κ3) is 2.29. The van der Waals surface area contributed by atoms with Gasteiger partial charge in [-0.2, -0.15) is 5.10 Å². The zero-order valence-corrected chi connectivity index (χ0v) is 14.1. The van der Waals surface area contributed by atoms with Gasteiger partial charge in [-0.15, -0.1) is 0 Å². The van der Waals surface area contributed by atoms with Crippen molar-refractivity contribution in [1.29, 1.82) is 0 Å². The second-order valence-corrected chi connectivity index (χ2v) is 6.45. The van der Waals surface area contributed by atoms with Crippen LogP contribution in [0.4, 0.5) is 0 Å². The van der Waals surface area contributed by atoms with Gasteiger partial charge in [0, 0.05) is 28.8 Å². The van der Waals surface area contributed by atoms with Crippen molar-refractivity contribution in [2.45, 2.75) is 6.42 Å². The monoisotopic (exact) mass is 347 g/mol. The van der Waals surface area contributed by atoms with Gasteiger partial charge in [0.05, 0.1) is 17.7 Å². The van der Waals surface area contributed by atoms with Gasteiger partial charge in [-0.3, -0.25) is 0 Å². The lowest BCUT2D eigenvalue weighted by Crippen LogP contribution is -1.97. The topological polar surface area (TPSA) is 39.9 Å². The second-order valence-electron chi connectivity index (χ2n) is 6.01. The Kier molecular flexibility index (Phi) is 3.25. The molecule has 5 rings (SSSR count). The number of nitrogens with zero attached hydrogens (tertiary/aromatic N) is 3. The summed E-state index contributed by atoms with van der Waals surface area (Å²) in [6.07, 6.45) is 2.78. The fourth-order valence-corrected chi connectivity index (χ4v) is 3.39. The number of hydrogen-bond acceptors (Lipinski definition) is 3. The number of aromatic nitrogens is 3. The Morgan fingerprint density at radius 1 is 1.00 bits per heavy atom. The van der Waals surface area contributed by atoms with E-state index in [0.717, 1.165) is 45.7 Å². The van der Waals surface area contributed by atoms with Crippen LogP contribution in [-0.2, 0) is 6.42 Å². The minimum atomic E-state index is 0.687. The van der Waals surface area contributed by atoms with E-state index in [2.05, 4.69) is 4.98 Å². The quantitative estimate of drug-likeness (QED) is 0.528. The van der Waals surface area contributed by atoms with E-state index in [-0.39, 0.29) is 0 Å². The predicted molar refractivity (Wildman–Crippen MR) is 98.5 cm³/mol. The Morgan fingerprint density at radius 3 is 2.60 bits per heavy atom. The zero-order chi connectivity index (χ0) is 16.8. The van der Waals surface area contributed by atoms with Crippen LogP contribution < -0.4 is 4.74 Å². The van der Waals surface area contributed by atoms with Crippen LogP contribution in [0.25, 0.3) is 28.0 Å². The molecule has 25 heavy (non-hydrogen) atoms. The molecule has 0 atom stereocenters. The minimum absolute atomic E-state index is 0.687. The van der Waals surface area contributed by atoms with Crippen LogP contribution in [0.1, 0.15) is 5.56 Å². The first-order valence-electron chi connectivity index (χ1n) is 8.16. The second kappa shape index (κ2) is 5.60. The smallest absolute Gasteiger partial charge is 0.167 e. The lowest BCUT2D eigenvalue weighted by molar-refractivity contribution is 0.360. The summed E-state index contributed by atoms with van der Waals surface area (Å²) in [6.45, 7) is 0.687. The van der Waals surface area contributed by atoms with Gasteiger partial charge in [0.15, 0.2) is 5.65 Å². The predicted octanol–water partition coefficient (Wildman–Crippen LogP) is 4.68. The van der Waals surface area contributed by atoms with Gasteiger partial charge in [-0.1, -0.05) is 41.9 Å². The lowest BCUT2D eigenvalue weighted by atomic mass is 10.1. The molecular weight excluding hydrogens is 334 g/mol. The normalized spacial score (nSPS) is 13.0. The van der Waals surface area contributed by atoms with Crippen LogP contribution in [0.15, 0.2) is 60.8 Å². The molecule has 0 amide bonds. The van der Waals surface area contributed by atoms with Gasteiger partial charge >= 0.3 is 0 Å². The van der Waals surface area contributed by atoms with E-state index < -0.39 is 0 Å². The van der Waals surface area contributed by atoms with E-state index in [1.807, 2.05) is 65.5 Å². The molecule has 0 saturated carbocycles. The molecule has 2 aromatic carbocycles. The van der Waals surface area contributed by atoms with Crippen LogP contribution in [-0.4, -0.2) is 21.4 Å². The van der Waals surface area contributed by atoms with Gasteiger partial charge in [0.1, 0.15) is 11.4 Å². The molecule has 4 nitrogen and oxygen atoms in total. The molecule has 0 bridgehead atoms. The molecule has 4 aromatic rings. The van der Waals surface area contributed by atoms with Crippen LogP contribution >= 0.6 is 11.6 Å². The van der Waals surface area contributed by atoms with E-state index >= 15 is 0 Å². The zero-order valence-electron chi connectivity index (χ0n) is 13.3. The van der Waals surface area contributed by atoms with Gasteiger partial charge in [0.2, 0.25) is 0 Å². The molecule has 0 unspecified atom stereocenters. The van der Waals surface area contributed by atoms with Gasteiger partial charge in [-0.05, 0) is 24.3 Å². The Hall–Kier alpha value is -2.85. The Morgan fingerprint density at radius 2 is 1.80 bits per heavy atom. The van der Waals surface area contributed by atoms with Gasteiger partial charge < -0.3 is 4.74 Å². The van der Waals surface area contributed by atoms with E-state index in [1.165, 1.54) is 0 Å². The number of ether oxygens (including phenoxy) is 1. The molecule has 0 N–H and O–H groups in total. The first-order chi connectivity index (χ1) is 12.3. The summed E-state index contributed by atoms with van der Waals surface area (Å²) < 4.78 is 7.80. The minimum Gasteiger partial charge on any atom is -0.492 e. The number of para-hydroxylation sites is 1. The molecule has 3 heterocycles. The van der Waals surface area contributed by atoms with E-state index in [0.29, 0.717) is 11.6 Å². The third-order valence-corrected chi connectivity index (χ3v) is 4.71. The summed E-state index contributed by atoms with van der Waals surface area (Å²) in [5.41, 5.74) is 4.77. The van der Waals surface area contributed by atoms with Crippen molar-refractivity contribution in [3.8, 4) is 22.7 Å². The van der Waals surface area contributed by atoms with Gasteiger partial charge in [0.25, 0.3) is 0 Å². The van der Waals surface area contributed by atoms with Crippen molar-refractivity contribution in [1.82, 2.24) is 14.8 Å². The van der Waals surface area contributed by atoms with Crippen LogP contribution in [0, 0.1) is 0 Å². The maximum atomic E-state index is 6.05.